The van der Waals surface area contributed by atoms with E-state index < -0.39 is 5.91 Å². The molecule has 0 radical (unpaired) electrons. The van der Waals surface area contributed by atoms with Crippen LogP contribution in [-0.2, 0) is 6.54 Å². The summed E-state index contributed by atoms with van der Waals surface area (Å²) in [5, 5.41) is 0.819. The van der Waals surface area contributed by atoms with Crippen LogP contribution in [0.4, 0.5) is 0 Å². The number of aryl methyl sites for hydroxylation is 1. The SMILES string of the molecule is COc1cccc2cc(C(=O)N=c3sc4ccccc4n3CCSC)oc12. The summed E-state index contributed by atoms with van der Waals surface area (Å²) in [6.45, 7) is 0.797. The van der Waals surface area contributed by atoms with Gasteiger partial charge in [-0.15, -0.1) is 0 Å². The average molecular weight is 399 g/mol. The molecule has 0 aliphatic rings. The van der Waals surface area contributed by atoms with Gasteiger partial charge in [0.05, 0.1) is 17.3 Å². The van der Waals surface area contributed by atoms with Crippen LogP contribution in [0.15, 0.2) is 57.9 Å². The Labute approximate surface area is 164 Å². The van der Waals surface area contributed by atoms with Crippen molar-refractivity contribution in [1.29, 1.82) is 0 Å². The molecule has 0 aliphatic carbocycles. The number of ether oxygens (including phenoxy) is 1. The van der Waals surface area contributed by atoms with Gasteiger partial charge in [-0.05, 0) is 30.5 Å². The molecule has 0 saturated carbocycles. The molecule has 7 heteroatoms. The van der Waals surface area contributed by atoms with E-state index in [1.54, 1.807) is 31.0 Å². The van der Waals surface area contributed by atoms with Crippen molar-refractivity contribution in [3.05, 3.63) is 59.1 Å². The van der Waals surface area contributed by atoms with Crippen molar-refractivity contribution in [2.45, 2.75) is 6.54 Å². The molecule has 1 amide bonds. The number of furan rings is 1. The Morgan fingerprint density at radius 3 is 2.93 bits per heavy atom. The second-order valence-electron chi connectivity index (χ2n) is 5.90. The van der Waals surface area contributed by atoms with Gasteiger partial charge in [0.25, 0.3) is 0 Å². The molecule has 0 N–H and O–H groups in total. The minimum atomic E-state index is -0.391. The molecule has 4 aromatic rings. The van der Waals surface area contributed by atoms with Gasteiger partial charge in [0.1, 0.15) is 0 Å². The number of aromatic nitrogens is 1. The lowest BCUT2D eigenvalue weighted by Crippen LogP contribution is -2.18. The number of benzene rings is 2. The van der Waals surface area contributed by atoms with Gasteiger partial charge in [-0.25, -0.2) is 0 Å². The maximum Gasteiger partial charge on any atom is 0.315 e. The number of fused-ring (bicyclic) bond motifs is 2. The van der Waals surface area contributed by atoms with Crippen molar-refractivity contribution >= 4 is 50.2 Å². The van der Waals surface area contributed by atoms with Crippen LogP contribution in [0.5, 0.6) is 5.75 Å². The van der Waals surface area contributed by atoms with Crippen LogP contribution in [0.2, 0.25) is 0 Å². The van der Waals surface area contributed by atoms with E-state index in [0.717, 1.165) is 27.9 Å². The Bertz CT molecular complexity index is 1190. The summed E-state index contributed by atoms with van der Waals surface area (Å²) in [5.74, 6) is 1.37. The van der Waals surface area contributed by atoms with Gasteiger partial charge in [-0.1, -0.05) is 35.6 Å². The largest absolute Gasteiger partial charge is 0.493 e. The summed E-state index contributed by atoms with van der Waals surface area (Å²) in [6, 6.07) is 15.4. The maximum absolute atomic E-state index is 12.8. The molecule has 0 aliphatic heterocycles. The fourth-order valence-corrected chi connectivity index (χ4v) is 4.37. The topological polar surface area (TPSA) is 56.7 Å². The van der Waals surface area contributed by atoms with E-state index in [1.807, 2.05) is 30.3 Å². The van der Waals surface area contributed by atoms with E-state index in [1.165, 1.54) is 11.3 Å². The molecule has 0 fully saturated rings. The first-order chi connectivity index (χ1) is 13.2. The zero-order chi connectivity index (χ0) is 18.8. The molecular formula is C20H18N2O3S2. The Morgan fingerprint density at radius 1 is 1.26 bits per heavy atom. The molecule has 0 atom stereocenters. The molecule has 4 rings (SSSR count). The fourth-order valence-electron chi connectivity index (χ4n) is 2.95. The van der Waals surface area contributed by atoms with Crippen LogP contribution in [-0.4, -0.2) is 29.6 Å². The molecule has 0 spiro atoms. The Hall–Kier alpha value is -2.51. The summed E-state index contributed by atoms with van der Waals surface area (Å²) in [7, 11) is 1.58. The van der Waals surface area contributed by atoms with Crippen molar-refractivity contribution in [2.24, 2.45) is 4.99 Å². The summed E-state index contributed by atoms with van der Waals surface area (Å²) in [6.07, 6.45) is 2.07. The third-order valence-electron chi connectivity index (χ3n) is 4.24. The summed E-state index contributed by atoms with van der Waals surface area (Å²) in [5.41, 5.74) is 1.65. The van der Waals surface area contributed by atoms with Crippen molar-refractivity contribution in [3.63, 3.8) is 0 Å². The van der Waals surface area contributed by atoms with Crippen LogP contribution in [0, 0.1) is 0 Å². The van der Waals surface area contributed by atoms with Gasteiger partial charge in [-0.2, -0.15) is 16.8 Å². The predicted molar refractivity (Wildman–Crippen MR) is 111 cm³/mol. The fraction of sp³-hybridized carbons (Fsp3) is 0.200. The molecule has 138 valence electrons. The van der Waals surface area contributed by atoms with Crippen molar-refractivity contribution < 1.29 is 13.9 Å². The number of hydrogen-bond donors (Lipinski definition) is 0. The molecule has 0 saturated heterocycles. The minimum absolute atomic E-state index is 0.211. The normalized spacial score (nSPS) is 12.1. The second kappa shape index (κ2) is 7.62. The van der Waals surface area contributed by atoms with E-state index >= 15 is 0 Å². The molecule has 0 bridgehead atoms. The van der Waals surface area contributed by atoms with Gasteiger partial charge >= 0.3 is 5.91 Å². The number of carbonyl (C=O) groups excluding carboxylic acids is 1. The van der Waals surface area contributed by atoms with E-state index in [2.05, 4.69) is 21.9 Å². The Morgan fingerprint density at radius 2 is 2.11 bits per heavy atom. The number of rotatable bonds is 5. The molecule has 0 unspecified atom stereocenters. The lowest BCUT2D eigenvalue weighted by Gasteiger charge is -2.03. The summed E-state index contributed by atoms with van der Waals surface area (Å²) >= 11 is 3.28. The highest BCUT2D eigenvalue weighted by molar-refractivity contribution is 7.98. The molecule has 5 nitrogen and oxygen atoms in total. The monoisotopic (exact) mass is 398 g/mol. The molecule has 2 heterocycles. The smallest absolute Gasteiger partial charge is 0.315 e. The summed E-state index contributed by atoms with van der Waals surface area (Å²) < 4.78 is 14.2. The third-order valence-corrected chi connectivity index (χ3v) is 5.89. The van der Waals surface area contributed by atoms with Gasteiger partial charge in [-0.3, -0.25) is 4.79 Å². The number of nitrogens with zero attached hydrogens (tertiary/aromatic N) is 2. The van der Waals surface area contributed by atoms with E-state index in [0.29, 0.717) is 16.1 Å². The quantitative estimate of drug-likeness (QED) is 0.494. The lowest BCUT2D eigenvalue weighted by molar-refractivity contribution is 0.0973. The third kappa shape index (κ3) is 3.40. The number of methoxy groups -OCH3 is 1. The summed E-state index contributed by atoms with van der Waals surface area (Å²) in [4.78, 5) is 17.8. The minimum Gasteiger partial charge on any atom is -0.493 e. The first kappa shape index (κ1) is 17.9. The molecular weight excluding hydrogens is 380 g/mol. The number of thioether (sulfide) groups is 1. The zero-order valence-corrected chi connectivity index (χ0v) is 16.6. The first-order valence-corrected chi connectivity index (χ1v) is 10.6. The van der Waals surface area contributed by atoms with E-state index in [4.69, 9.17) is 9.15 Å². The maximum atomic E-state index is 12.8. The highest BCUT2D eigenvalue weighted by Crippen LogP contribution is 2.28. The number of para-hydroxylation sites is 2. The number of carbonyl (C=O) groups is 1. The van der Waals surface area contributed by atoms with E-state index in [-0.39, 0.29) is 5.76 Å². The molecule has 27 heavy (non-hydrogen) atoms. The van der Waals surface area contributed by atoms with Crippen LogP contribution in [0.1, 0.15) is 10.6 Å². The Kier molecular flexibility index (Phi) is 5.05. The van der Waals surface area contributed by atoms with Gasteiger partial charge < -0.3 is 13.7 Å². The highest BCUT2D eigenvalue weighted by Gasteiger charge is 2.15. The number of thiazole rings is 1. The van der Waals surface area contributed by atoms with Crippen LogP contribution >= 0.6 is 23.1 Å². The number of hydrogen-bond acceptors (Lipinski definition) is 5. The van der Waals surface area contributed by atoms with Crippen LogP contribution < -0.4 is 9.54 Å². The zero-order valence-electron chi connectivity index (χ0n) is 15.0. The first-order valence-electron chi connectivity index (χ1n) is 8.44. The molecule has 2 aromatic heterocycles. The average Bonchev–Trinajstić information content (AvgIpc) is 3.27. The highest BCUT2D eigenvalue weighted by atomic mass is 32.2. The van der Waals surface area contributed by atoms with E-state index in [9.17, 15) is 4.79 Å². The standard InChI is InChI=1S/C20H18N2O3S2/c1-24-15-8-5-6-13-12-16(25-18(13)15)19(23)21-20-22(10-11-26-2)14-7-3-4-9-17(14)27-20/h3-9,12H,10-11H2,1-2H3. The second-order valence-corrected chi connectivity index (χ2v) is 7.90. The van der Waals surface area contributed by atoms with Gasteiger partial charge in [0, 0.05) is 17.7 Å². The Balaban J connectivity index is 1.80. The van der Waals surface area contributed by atoms with Crippen molar-refractivity contribution in [2.75, 3.05) is 19.1 Å². The predicted octanol–water partition coefficient (Wildman–Crippen LogP) is 4.56. The van der Waals surface area contributed by atoms with Crippen LogP contribution in [0.3, 0.4) is 0 Å². The number of amides is 1. The lowest BCUT2D eigenvalue weighted by atomic mass is 10.2. The van der Waals surface area contributed by atoms with Gasteiger partial charge in [0.2, 0.25) is 0 Å². The van der Waals surface area contributed by atoms with Gasteiger partial charge in [0.15, 0.2) is 21.9 Å². The van der Waals surface area contributed by atoms with Crippen LogP contribution in [0.25, 0.3) is 21.2 Å². The van der Waals surface area contributed by atoms with Crippen molar-refractivity contribution in [3.8, 4) is 5.75 Å². The van der Waals surface area contributed by atoms with Crippen molar-refractivity contribution in [1.82, 2.24) is 4.57 Å². The molecule has 2 aromatic carbocycles.